The fourth-order valence-electron chi connectivity index (χ4n) is 1.20. The number of phenolic OH excluding ortho intramolecular Hbond substituents is 1. The van der Waals surface area contributed by atoms with Crippen molar-refractivity contribution in [2.24, 2.45) is 0 Å². The van der Waals surface area contributed by atoms with Gasteiger partial charge in [0.1, 0.15) is 5.75 Å². The van der Waals surface area contributed by atoms with Crippen LogP contribution >= 0.6 is 0 Å². The first kappa shape index (κ1) is 8.85. The Balaban J connectivity index is 3.16. The molecule has 64 valence electrons. The predicted molar refractivity (Wildman–Crippen MR) is 52.2 cm³/mol. The van der Waals surface area contributed by atoms with Crippen LogP contribution in [0.4, 0.5) is 0 Å². The van der Waals surface area contributed by atoms with E-state index in [0.29, 0.717) is 5.75 Å². The molecule has 12 heavy (non-hydrogen) atoms. The van der Waals surface area contributed by atoms with Crippen LogP contribution in [0.5, 0.6) is 5.75 Å². The monoisotopic (exact) mass is 162 g/mol. The van der Waals surface area contributed by atoms with E-state index in [1.165, 1.54) is 0 Å². The minimum atomic E-state index is 0.349. The number of rotatable bonds is 2. The Labute approximate surface area is 73.4 Å². The number of phenols is 1. The molecule has 1 N–H and O–H groups in total. The molecular formula is C11H14O. The van der Waals surface area contributed by atoms with Crippen LogP contribution in [0.3, 0.4) is 0 Å². The van der Waals surface area contributed by atoms with Crippen LogP contribution in [0.25, 0.3) is 5.57 Å². The van der Waals surface area contributed by atoms with Gasteiger partial charge in [-0.3, -0.25) is 0 Å². The Bertz CT molecular complexity index is 300. The second kappa shape index (κ2) is 3.44. The summed E-state index contributed by atoms with van der Waals surface area (Å²) in [6, 6.07) is 5.53. The van der Waals surface area contributed by atoms with Gasteiger partial charge in [0.05, 0.1) is 0 Å². The molecule has 1 heteroatoms. The minimum Gasteiger partial charge on any atom is -0.508 e. The van der Waals surface area contributed by atoms with Gasteiger partial charge in [0.25, 0.3) is 0 Å². The van der Waals surface area contributed by atoms with E-state index in [0.717, 1.165) is 23.1 Å². The van der Waals surface area contributed by atoms with Crippen molar-refractivity contribution < 1.29 is 5.11 Å². The Morgan fingerprint density at radius 2 is 2.17 bits per heavy atom. The summed E-state index contributed by atoms with van der Waals surface area (Å²) in [5, 5.41) is 9.40. The summed E-state index contributed by atoms with van der Waals surface area (Å²) in [5.74, 6) is 0.349. The van der Waals surface area contributed by atoms with Crippen molar-refractivity contribution in [1.29, 1.82) is 0 Å². The molecule has 1 aromatic carbocycles. The highest BCUT2D eigenvalue weighted by molar-refractivity contribution is 5.67. The third-order valence-electron chi connectivity index (χ3n) is 2.11. The van der Waals surface area contributed by atoms with Crippen molar-refractivity contribution in [3.05, 3.63) is 35.9 Å². The first-order valence-electron chi connectivity index (χ1n) is 4.13. The molecule has 0 radical (unpaired) electrons. The zero-order valence-electron chi connectivity index (χ0n) is 7.59. The van der Waals surface area contributed by atoms with Gasteiger partial charge in [0, 0.05) is 0 Å². The molecule has 1 rings (SSSR count). The maximum Gasteiger partial charge on any atom is 0.119 e. The lowest BCUT2D eigenvalue weighted by Gasteiger charge is -2.07. The summed E-state index contributed by atoms with van der Waals surface area (Å²) in [7, 11) is 0. The fourth-order valence-corrected chi connectivity index (χ4v) is 1.20. The molecule has 0 aliphatic carbocycles. The number of hydrogen-bond acceptors (Lipinski definition) is 1. The smallest absolute Gasteiger partial charge is 0.119 e. The van der Waals surface area contributed by atoms with E-state index >= 15 is 0 Å². The lowest BCUT2D eigenvalue weighted by Crippen LogP contribution is -1.86. The lowest BCUT2D eigenvalue weighted by molar-refractivity contribution is 0.471. The Morgan fingerprint density at radius 1 is 1.50 bits per heavy atom. The molecule has 1 aromatic rings. The third-order valence-corrected chi connectivity index (χ3v) is 2.11. The predicted octanol–water partition coefficient (Wildman–Crippen LogP) is 3.12. The van der Waals surface area contributed by atoms with Gasteiger partial charge >= 0.3 is 0 Å². The molecule has 0 atom stereocenters. The first-order chi connectivity index (χ1) is 5.66. The van der Waals surface area contributed by atoms with Crippen molar-refractivity contribution in [2.75, 3.05) is 0 Å². The van der Waals surface area contributed by atoms with Crippen LogP contribution in [-0.2, 0) is 0 Å². The average Bonchev–Trinajstić information content (AvgIpc) is 2.08. The second-order valence-electron chi connectivity index (χ2n) is 2.91. The Morgan fingerprint density at radius 3 is 2.75 bits per heavy atom. The van der Waals surface area contributed by atoms with Gasteiger partial charge in [0.2, 0.25) is 0 Å². The number of aromatic hydroxyl groups is 1. The van der Waals surface area contributed by atoms with Crippen molar-refractivity contribution >= 4 is 5.57 Å². The fraction of sp³-hybridized carbons (Fsp3) is 0.273. The Hall–Kier alpha value is -1.24. The quantitative estimate of drug-likeness (QED) is 0.708. The van der Waals surface area contributed by atoms with Crippen LogP contribution in [0.2, 0.25) is 0 Å². The number of allylic oxidation sites excluding steroid dienone is 1. The molecule has 0 saturated heterocycles. The van der Waals surface area contributed by atoms with Crippen LogP contribution in [0.15, 0.2) is 24.8 Å². The summed E-state index contributed by atoms with van der Waals surface area (Å²) in [5.41, 5.74) is 3.06. The van der Waals surface area contributed by atoms with E-state index in [4.69, 9.17) is 0 Å². The molecule has 0 aromatic heterocycles. The molecule has 0 unspecified atom stereocenters. The van der Waals surface area contributed by atoms with Gasteiger partial charge < -0.3 is 5.11 Å². The van der Waals surface area contributed by atoms with E-state index in [-0.39, 0.29) is 0 Å². The molecule has 0 aliphatic heterocycles. The molecule has 0 heterocycles. The summed E-state index contributed by atoms with van der Waals surface area (Å²) < 4.78 is 0. The van der Waals surface area contributed by atoms with Gasteiger partial charge in [-0.05, 0) is 36.1 Å². The highest BCUT2D eigenvalue weighted by atomic mass is 16.3. The molecule has 0 aliphatic rings. The summed E-state index contributed by atoms with van der Waals surface area (Å²) in [6.45, 7) is 7.90. The molecule has 0 fully saturated rings. The topological polar surface area (TPSA) is 20.2 Å². The van der Waals surface area contributed by atoms with E-state index in [1.807, 2.05) is 19.1 Å². The maximum absolute atomic E-state index is 9.40. The van der Waals surface area contributed by atoms with Gasteiger partial charge in [-0.25, -0.2) is 0 Å². The summed E-state index contributed by atoms with van der Waals surface area (Å²) >= 11 is 0. The van der Waals surface area contributed by atoms with Gasteiger partial charge in [0.15, 0.2) is 0 Å². The van der Waals surface area contributed by atoms with Crippen LogP contribution < -0.4 is 0 Å². The first-order valence-corrected chi connectivity index (χ1v) is 4.13. The largest absolute Gasteiger partial charge is 0.508 e. The highest BCUT2D eigenvalue weighted by Crippen LogP contribution is 2.25. The van der Waals surface area contributed by atoms with Crippen molar-refractivity contribution in [2.45, 2.75) is 20.3 Å². The number of hydrogen-bond donors (Lipinski definition) is 1. The zero-order chi connectivity index (χ0) is 9.14. The molecule has 0 bridgehead atoms. The highest BCUT2D eigenvalue weighted by Gasteiger charge is 2.03. The lowest BCUT2D eigenvalue weighted by atomic mass is 10.00. The Kier molecular flexibility index (Phi) is 2.54. The van der Waals surface area contributed by atoms with Gasteiger partial charge in [-0.2, -0.15) is 0 Å². The summed E-state index contributed by atoms with van der Waals surface area (Å²) in [6.07, 6.45) is 0.921. The molecule has 0 spiro atoms. The van der Waals surface area contributed by atoms with Crippen molar-refractivity contribution in [3.63, 3.8) is 0 Å². The molecular weight excluding hydrogens is 148 g/mol. The van der Waals surface area contributed by atoms with Crippen LogP contribution in [-0.4, -0.2) is 5.11 Å². The van der Waals surface area contributed by atoms with Crippen LogP contribution in [0, 0.1) is 6.92 Å². The van der Waals surface area contributed by atoms with Crippen LogP contribution in [0.1, 0.15) is 24.5 Å². The zero-order valence-corrected chi connectivity index (χ0v) is 7.59. The van der Waals surface area contributed by atoms with E-state index in [1.54, 1.807) is 6.07 Å². The van der Waals surface area contributed by atoms with Crippen molar-refractivity contribution in [1.82, 2.24) is 0 Å². The van der Waals surface area contributed by atoms with Crippen molar-refractivity contribution in [3.8, 4) is 5.75 Å². The SMILES string of the molecule is C=C(CC)c1cccc(O)c1C. The standard InChI is InChI=1S/C11H14O/c1-4-8(2)10-6-5-7-11(12)9(10)3/h5-7,12H,2,4H2,1,3H3. The van der Waals surface area contributed by atoms with E-state index < -0.39 is 0 Å². The molecule has 1 nitrogen and oxygen atoms in total. The second-order valence-corrected chi connectivity index (χ2v) is 2.91. The minimum absolute atomic E-state index is 0.349. The molecule has 0 saturated carbocycles. The molecule has 0 amide bonds. The van der Waals surface area contributed by atoms with Gasteiger partial charge in [-0.15, -0.1) is 0 Å². The van der Waals surface area contributed by atoms with Gasteiger partial charge in [-0.1, -0.05) is 25.6 Å². The van der Waals surface area contributed by atoms with E-state index in [2.05, 4.69) is 13.5 Å². The average molecular weight is 162 g/mol. The normalized spacial score (nSPS) is 9.83. The summed E-state index contributed by atoms with van der Waals surface area (Å²) in [4.78, 5) is 0. The number of benzene rings is 1. The third kappa shape index (κ3) is 1.50. The maximum atomic E-state index is 9.40. The van der Waals surface area contributed by atoms with E-state index in [9.17, 15) is 5.11 Å².